The van der Waals surface area contributed by atoms with Crippen molar-refractivity contribution in [2.75, 3.05) is 33.0 Å². The number of likely N-dealkylation sites (N-methyl/N-ethyl adjacent to an activating group) is 1. The summed E-state index contributed by atoms with van der Waals surface area (Å²) in [5.74, 6) is -0.931. The summed E-state index contributed by atoms with van der Waals surface area (Å²) in [7, 11) is 3.82. The summed E-state index contributed by atoms with van der Waals surface area (Å²) in [6, 6.07) is 2.82. The first-order chi connectivity index (χ1) is 7.50. The maximum Gasteiger partial charge on any atom is 0.354 e. The molecule has 0 radical (unpaired) electrons. The van der Waals surface area contributed by atoms with Crippen molar-refractivity contribution >= 4 is 11.7 Å². The van der Waals surface area contributed by atoms with Gasteiger partial charge in [-0.15, -0.1) is 0 Å². The molecule has 0 amide bonds. The molecular formula is C10H15N3O3. The van der Waals surface area contributed by atoms with E-state index in [9.17, 15) is 4.79 Å². The molecule has 88 valence electrons. The van der Waals surface area contributed by atoms with Crippen LogP contribution in [0.5, 0.6) is 5.88 Å². The van der Waals surface area contributed by atoms with Gasteiger partial charge in [0.05, 0.1) is 5.69 Å². The highest BCUT2D eigenvalue weighted by Crippen LogP contribution is 2.18. The van der Waals surface area contributed by atoms with Crippen molar-refractivity contribution in [3.05, 3.63) is 17.8 Å². The fourth-order valence-corrected chi connectivity index (χ4v) is 1.01. The fourth-order valence-electron chi connectivity index (χ4n) is 1.01. The molecule has 0 atom stereocenters. The Kier molecular flexibility index (Phi) is 4.07. The summed E-state index contributed by atoms with van der Waals surface area (Å²) in [5, 5.41) is 8.75. The summed E-state index contributed by atoms with van der Waals surface area (Å²) >= 11 is 0. The summed E-state index contributed by atoms with van der Waals surface area (Å²) in [5.41, 5.74) is 5.87. The van der Waals surface area contributed by atoms with Crippen LogP contribution in [-0.4, -0.2) is 48.2 Å². The number of anilines is 1. The predicted octanol–water partition coefficient (Wildman–Crippen LogP) is 0.302. The molecule has 0 bridgehead atoms. The molecule has 0 saturated heterocycles. The normalized spacial score (nSPS) is 10.4. The molecule has 0 spiro atoms. The first-order valence-corrected chi connectivity index (χ1v) is 4.78. The molecule has 1 aromatic rings. The Hall–Kier alpha value is -1.82. The van der Waals surface area contributed by atoms with Gasteiger partial charge >= 0.3 is 5.97 Å². The van der Waals surface area contributed by atoms with E-state index in [1.807, 2.05) is 19.0 Å². The first kappa shape index (κ1) is 12.3. The number of nitrogens with two attached hydrogens (primary N) is 1. The van der Waals surface area contributed by atoms with Crippen molar-refractivity contribution in [2.45, 2.75) is 0 Å². The number of carboxylic acids is 1. The van der Waals surface area contributed by atoms with Gasteiger partial charge in [-0.2, -0.15) is 0 Å². The average Bonchev–Trinajstić information content (AvgIpc) is 2.20. The Balaban J connectivity index is 2.70. The highest BCUT2D eigenvalue weighted by molar-refractivity contribution is 5.86. The molecule has 1 aromatic heterocycles. The molecule has 1 rings (SSSR count). The Bertz CT molecular complexity index is 380. The predicted molar refractivity (Wildman–Crippen MR) is 59.7 cm³/mol. The topological polar surface area (TPSA) is 88.7 Å². The van der Waals surface area contributed by atoms with E-state index in [0.717, 1.165) is 0 Å². The number of hydrogen-bond donors (Lipinski definition) is 2. The second-order valence-electron chi connectivity index (χ2n) is 3.55. The third-order valence-corrected chi connectivity index (χ3v) is 1.89. The van der Waals surface area contributed by atoms with Gasteiger partial charge in [-0.05, 0) is 26.2 Å². The second kappa shape index (κ2) is 5.32. The van der Waals surface area contributed by atoms with Gasteiger partial charge in [0.1, 0.15) is 6.61 Å². The van der Waals surface area contributed by atoms with Crippen molar-refractivity contribution in [1.29, 1.82) is 0 Å². The minimum atomic E-state index is -1.10. The van der Waals surface area contributed by atoms with Crippen LogP contribution >= 0.6 is 0 Å². The van der Waals surface area contributed by atoms with E-state index in [4.69, 9.17) is 15.6 Å². The molecule has 0 aliphatic carbocycles. The van der Waals surface area contributed by atoms with Gasteiger partial charge in [0.15, 0.2) is 5.69 Å². The zero-order valence-electron chi connectivity index (χ0n) is 9.30. The van der Waals surface area contributed by atoms with Crippen molar-refractivity contribution in [3.8, 4) is 5.88 Å². The van der Waals surface area contributed by atoms with Crippen LogP contribution in [-0.2, 0) is 0 Å². The molecule has 0 aliphatic heterocycles. The fraction of sp³-hybridized carbons (Fsp3) is 0.400. The Labute approximate surface area is 93.6 Å². The number of nitrogens with zero attached hydrogens (tertiary/aromatic N) is 2. The third kappa shape index (κ3) is 3.39. The third-order valence-electron chi connectivity index (χ3n) is 1.89. The number of aromatic nitrogens is 1. The highest BCUT2D eigenvalue weighted by Gasteiger charge is 2.09. The highest BCUT2D eigenvalue weighted by atomic mass is 16.5. The van der Waals surface area contributed by atoms with Crippen molar-refractivity contribution in [3.63, 3.8) is 0 Å². The zero-order valence-corrected chi connectivity index (χ0v) is 9.30. The van der Waals surface area contributed by atoms with Gasteiger partial charge in [0, 0.05) is 6.54 Å². The number of ether oxygens (including phenoxy) is 1. The first-order valence-electron chi connectivity index (χ1n) is 4.78. The molecule has 1 heterocycles. The van der Waals surface area contributed by atoms with Crippen LogP contribution in [0.15, 0.2) is 12.1 Å². The maximum atomic E-state index is 10.7. The van der Waals surface area contributed by atoms with Gasteiger partial charge in [0.2, 0.25) is 5.88 Å². The molecule has 0 aromatic carbocycles. The monoisotopic (exact) mass is 225 g/mol. The lowest BCUT2D eigenvalue weighted by molar-refractivity contribution is 0.0689. The van der Waals surface area contributed by atoms with Crippen LogP contribution in [0.3, 0.4) is 0 Å². The largest absolute Gasteiger partial charge is 0.477 e. The van der Waals surface area contributed by atoms with Gasteiger partial charge in [-0.25, -0.2) is 9.78 Å². The lowest BCUT2D eigenvalue weighted by Gasteiger charge is -2.11. The standard InChI is InChI=1S/C10H15N3O3/c1-13(2)5-6-16-9-7(11)3-4-8(12-9)10(14)15/h3-4H,5-6,11H2,1-2H3,(H,14,15). The quantitative estimate of drug-likeness (QED) is 0.749. The van der Waals surface area contributed by atoms with E-state index in [1.165, 1.54) is 12.1 Å². The average molecular weight is 225 g/mol. The zero-order chi connectivity index (χ0) is 12.1. The van der Waals surface area contributed by atoms with Crippen molar-refractivity contribution < 1.29 is 14.6 Å². The smallest absolute Gasteiger partial charge is 0.354 e. The molecule has 3 N–H and O–H groups in total. The van der Waals surface area contributed by atoms with Crippen molar-refractivity contribution in [2.24, 2.45) is 0 Å². The maximum absolute atomic E-state index is 10.7. The number of rotatable bonds is 5. The number of hydrogen-bond acceptors (Lipinski definition) is 5. The molecule has 0 unspecified atom stereocenters. The number of nitrogen functional groups attached to an aromatic ring is 1. The van der Waals surface area contributed by atoms with Gasteiger partial charge in [-0.1, -0.05) is 0 Å². The van der Waals surface area contributed by atoms with E-state index in [-0.39, 0.29) is 11.6 Å². The molecular weight excluding hydrogens is 210 g/mol. The Morgan fingerprint density at radius 1 is 1.56 bits per heavy atom. The van der Waals surface area contributed by atoms with Crippen LogP contribution in [0.1, 0.15) is 10.5 Å². The van der Waals surface area contributed by atoms with E-state index < -0.39 is 5.97 Å². The number of carbonyl (C=O) groups is 1. The molecule has 0 aliphatic rings. The second-order valence-corrected chi connectivity index (χ2v) is 3.55. The molecule has 6 nitrogen and oxygen atoms in total. The number of aromatic carboxylic acids is 1. The summed E-state index contributed by atoms with van der Waals surface area (Å²) in [6.07, 6.45) is 0. The lowest BCUT2D eigenvalue weighted by atomic mass is 10.3. The molecule has 0 saturated carbocycles. The molecule has 16 heavy (non-hydrogen) atoms. The number of pyridine rings is 1. The molecule has 6 heteroatoms. The summed E-state index contributed by atoms with van der Waals surface area (Å²) < 4.78 is 5.30. The SMILES string of the molecule is CN(C)CCOc1nc(C(=O)O)ccc1N. The van der Waals surface area contributed by atoms with Crippen LogP contribution < -0.4 is 10.5 Å². The Morgan fingerprint density at radius 2 is 2.25 bits per heavy atom. The van der Waals surface area contributed by atoms with Crippen molar-refractivity contribution in [1.82, 2.24) is 9.88 Å². The van der Waals surface area contributed by atoms with Gasteiger partial charge in [-0.3, -0.25) is 0 Å². The minimum Gasteiger partial charge on any atom is -0.477 e. The van der Waals surface area contributed by atoms with E-state index >= 15 is 0 Å². The van der Waals surface area contributed by atoms with Crippen LogP contribution in [0.25, 0.3) is 0 Å². The van der Waals surface area contributed by atoms with Gasteiger partial charge < -0.3 is 20.5 Å². The van der Waals surface area contributed by atoms with E-state index in [0.29, 0.717) is 18.8 Å². The minimum absolute atomic E-state index is 0.0750. The van der Waals surface area contributed by atoms with E-state index in [1.54, 1.807) is 0 Å². The van der Waals surface area contributed by atoms with Crippen LogP contribution in [0.2, 0.25) is 0 Å². The summed E-state index contributed by atoms with van der Waals surface area (Å²) in [6.45, 7) is 1.12. The molecule has 0 fully saturated rings. The lowest BCUT2D eigenvalue weighted by Crippen LogP contribution is -2.20. The Morgan fingerprint density at radius 3 is 2.81 bits per heavy atom. The van der Waals surface area contributed by atoms with Gasteiger partial charge in [0.25, 0.3) is 0 Å². The van der Waals surface area contributed by atoms with Crippen LogP contribution in [0.4, 0.5) is 5.69 Å². The van der Waals surface area contributed by atoms with E-state index in [2.05, 4.69) is 4.98 Å². The summed E-state index contributed by atoms with van der Waals surface area (Å²) in [4.78, 5) is 16.4. The van der Waals surface area contributed by atoms with Crippen LogP contribution in [0, 0.1) is 0 Å². The number of carboxylic acid groups (broad SMARTS) is 1.